The molecule has 0 aliphatic heterocycles. The van der Waals surface area contributed by atoms with Gasteiger partial charge >= 0.3 is 0 Å². The van der Waals surface area contributed by atoms with Crippen LogP contribution in [-0.4, -0.2) is 0 Å². The number of hydrogen-bond donors (Lipinski definition) is 0. The van der Waals surface area contributed by atoms with Crippen molar-refractivity contribution >= 4 is 17.0 Å². The Morgan fingerprint density at radius 1 is 0.944 bits per heavy atom. The molecule has 0 bridgehead atoms. The first-order chi connectivity index (χ1) is 8.90. The van der Waals surface area contributed by atoms with E-state index in [0.29, 0.717) is 0 Å². The van der Waals surface area contributed by atoms with Gasteiger partial charge in [0.05, 0.1) is 0 Å². The molecular weight excluding hydrogens is 220 g/mol. The summed E-state index contributed by atoms with van der Waals surface area (Å²) in [5, 5.41) is 1.09. The van der Waals surface area contributed by atoms with Gasteiger partial charge in [-0.1, -0.05) is 55.1 Å². The van der Waals surface area contributed by atoms with Gasteiger partial charge in [0.25, 0.3) is 0 Å². The van der Waals surface area contributed by atoms with E-state index in [2.05, 4.69) is 18.4 Å². The second-order valence-corrected chi connectivity index (χ2v) is 4.06. The standard InChI is InChI=1S/C17H12O/c1-2-8-15-14-11-6-7-12-16(14)18-17(15)13-9-4-3-5-10-13/h3-12H,1H2. The van der Waals surface area contributed by atoms with Crippen molar-refractivity contribution in [1.29, 1.82) is 0 Å². The molecule has 0 radical (unpaired) electrons. The van der Waals surface area contributed by atoms with Crippen molar-refractivity contribution in [2.24, 2.45) is 0 Å². The van der Waals surface area contributed by atoms with Crippen LogP contribution in [0.2, 0.25) is 0 Å². The van der Waals surface area contributed by atoms with Crippen molar-refractivity contribution in [3.63, 3.8) is 0 Å². The number of rotatable bonds is 2. The summed E-state index contributed by atoms with van der Waals surface area (Å²) in [6.07, 6.45) is 1.87. The molecule has 0 aliphatic carbocycles. The van der Waals surface area contributed by atoms with Crippen molar-refractivity contribution in [3.05, 3.63) is 72.5 Å². The van der Waals surface area contributed by atoms with Crippen LogP contribution in [0.1, 0.15) is 5.56 Å². The van der Waals surface area contributed by atoms with E-state index in [1.165, 1.54) is 0 Å². The number of benzene rings is 2. The Morgan fingerprint density at radius 2 is 1.67 bits per heavy atom. The molecule has 0 N–H and O–H groups in total. The molecule has 0 fully saturated rings. The summed E-state index contributed by atoms with van der Waals surface area (Å²) >= 11 is 0. The lowest BCUT2D eigenvalue weighted by molar-refractivity contribution is 0.631. The quantitative estimate of drug-likeness (QED) is 0.573. The van der Waals surface area contributed by atoms with Crippen LogP contribution in [0.4, 0.5) is 0 Å². The second kappa shape index (κ2) is 4.40. The minimum absolute atomic E-state index is 0.868. The highest BCUT2D eigenvalue weighted by molar-refractivity contribution is 5.94. The first kappa shape index (κ1) is 10.6. The van der Waals surface area contributed by atoms with Crippen molar-refractivity contribution in [1.82, 2.24) is 0 Å². The SMILES string of the molecule is C=C=Cc1c(-c2ccccc2)oc2ccccc12. The molecule has 1 heterocycles. The number of fused-ring (bicyclic) bond motifs is 1. The monoisotopic (exact) mass is 232 g/mol. The van der Waals surface area contributed by atoms with E-state index in [4.69, 9.17) is 4.42 Å². The molecule has 0 unspecified atom stereocenters. The van der Waals surface area contributed by atoms with Crippen molar-refractivity contribution in [2.45, 2.75) is 0 Å². The number of hydrogen-bond acceptors (Lipinski definition) is 1. The highest BCUT2D eigenvalue weighted by Gasteiger charge is 2.12. The Bertz CT molecular complexity index is 729. The van der Waals surface area contributed by atoms with Gasteiger partial charge in [-0.3, -0.25) is 0 Å². The Hall–Kier alpha value is -2.50. The zero-order chi connectivity index (χ0) is 12.4. The fourth-order valence-electron chi connectivity index (χ4n) is 2.11. The van der Waals surface area contributed by atoms with Gasteiger partial charge in [-0.15, -0.1) is 5.73 Å². The van der Waals surface area contributed by atoms with Crippen LogP contribution in [-0.2, 0) is 0 Å². The van der Waals surface area contributed by atoms with E-state index in [1.54, 1.807) is 0 Å². The highest BCUT2D eigenvalue weighted by atomic mass is 16.3. The fourth-order valence-corrected chi connectivity index (χ4v) is 2.11. The molecule has 2 aromatic carbocycles. The van der Waals surface area contributed by atoms with E-state index in [-0.39, 0.29) is 0 Å². The van der Waals surface area contributed by atoms with E-state index in [0.717, 1.165) is 27.9 Å². The van der Waals surface area contributed by atoms with Crippen molar-refractivity contribution < 1.29 is 4.42 Å². The van der Waals surface area contributed by atoms with Crippen LogP contribution in [0.15, 0.2) is 71.3 Å². The molecule has 1 nitrogen and oxygen atoms in total. The molecule has 1 heteroatoms. The summed E-state index contributed by atoms with van der Waals surface area (Å²) in [6, 6.07) is 18.1. The summed E-state index contributed by atoms with van der Waals surface area (Å²) in [7, 11) is 0. The average Bonchev–Trinajstić information content (AvgIpc) is 2.80. The molecule has 0 aliphatic rings. The zero-order valence-corrected chi connectivity index (χ0v) is 9.89. The third-order valence-corrected chi connectivity index (χ3v) is 2.92. The molecule has 0 atom stereocenters. The molecule has 18 heavy (non-hydrogen) atoms. The summed E-state index contributed by atoms with van der Waals surface area (Å²) in [5.41, 5.74) is 5.82. The molecule has 0 saturated heterocycles. The van der Waals surface area contributed by atoms with E-state index >= 15 is 0 Å². The fraction of sp³-hybridized carbons (Fsp3) is 0. The predicted octanol–water partition coefficient (Wildman–Crippen LogP) is 4.90. The third-order valence-electron chi connectivity index (χ3n) is 2.92. The lowest BCUT2D eigenvalue weighted by atomic mass is 10.1. The molecular formula is C17H12O. The molecule has 86 valence electrons. The lowest BCUT2D eigenvalue weighted by Gasteiger charge is -1.97. The van der Waals surface area contributed by atoms with Crippen LogP contribution in [0.5, 0.6) is 0 Å². The van der Waals surface area contributed by atoms with Crippen LogP contribution < -0.4 is 0 Å². The van der Waals surface area contributed by atoms with E-state index in [9.17, 15) is 0 Å². The number of para-hydroxylation sites is 1. The third kappa shape index (κ3) is 1.67. The van der Waals surface area contributed by atoms with Gasteiger partial charge in [-0.2, -0.15) is 0 Å². The summed E-state index contributed by atoms with van der Waals surface area (Å²) < 4.78 is 5.94. The van der Waals surface area contributed by atoms with Gasteiger partial charge in [-0.05, 0) is 12.1 Å². The molecule has 1 aromatic heterocycles. The Balaban J connectivity index is 2.35. The maximum absolute atomic E-state index is 5.94. The van der Waals surface area contributed by atoms with Crippen LogP contribution >= 0.6 is 0 Å². The highest BCUT2D eigenvalue weighted by Crippen LogP contribution is 2.34. The smallest absolute Gasteiger partial charge is 0.143 e. The largest absolute Gasteiger partial charge is 0.455 e. The average molecular weight is 232 g/mol. The van der Waals surface area contributed by atoms with Gasteiger partial charge < -0.3 is 4.42 Å². The first-order valence-electron chi connectivity index (χ1n) is 5.83. The van der Waals surface area contributed by atoms with Gasteiger partial charge in [0, 0.05) is 16.5 Å². The Morgan fingerprint density at radius 3 is 2.44 bits per heavy atom. The van der Waals surface area contributed by atoms with Crippen molar-refractivity contribution in [3.8, 4) is 11.3 Å². The Labute approximate surface area is 106 Å². The van der Waals surface area contributed by atoms with Crippen LogP contribution in [0, 0.1) is 0 Å². The molecule has 0 spiro atoms. The minimum Gasteiger partial charge on any atom is -0.455 e. The van der Waals surface area contributed by atoms with Gasteiger partial charge in [-0.25, -0.2) is 0 Å². The molecule has 0 amide bonds. The minimum atomic E-state index is 0.868. The molecule has 0 saturated carbocycles. The predicted molar refractivity (Wildman–Crippen MR) is 75.3 cm³/mol. The molecule has 3 aromatic rings. The second-order valence-electron chi connectivity index (χ2n) is 4.06. The van der Waals surface area contributed by atoms with Crippen LogP contribution in [0.3, 0.4) is 0 Å². The lowest BCUT2D eigenvalue weighted by Crippen LogP contribution is -1.76. The van der Waals surface area contributed by atoms with E-state index in [1.807, 2.05) is 54.6 Å². The summed E-state index contributed by atoms with van der Waals surface area (Å²) in [6.45, 7) is 3.65. The molecule has 3 rings (SSSR count). The topological polar surface area (TPSA) is 13.1 Å². The maximum atomic E-state index is 5.94. The van der Waals surface area contributed by atoms with E-state index < -0.39 is 0 Å². The van der Waals surface area contributed by atoms with Gasteiger partial charge in [0.1, 0.15) is 11.3 Å². The maximum Gasteiger partial charge on any atom is 0.143 e. The first-order valence-corrected chi connectivity index (χ1v) is 5.83. The number of furan rings is 1. The summed E-state index contributed by atoms with van der Waals surface area (Å²) in [4.78, 5) is 0. The van der Waals surface area contributed by atoms with Gasteiger partial charge in [0.2, 0.25) is 0 Å². The van der Waals surface area contributed by atoms with Crippen molar-refractivity contribution in [2.75, 3.05) is 0 Å². The van der Waals surface area contributed by atoms with Gasteiger partial charge in [0.15, 0.2) is 0 Å². The Kier molecular flexibility index (Phi) is 2.60. The zero-order valence-electron chi connectivity index (χ0n) is 9.89. The van der Waals surface area contributed by atoms with Crippen LogP contribution in [0.25, 0.3) is 28.4 Å². The summed E-state index contributed by atoms with van der Waals surface area (Å²) in [5.74, 6) is 0.868. The normalized spacial score (nSPS) is 10.2.